The molecule has 2 rings (SSSR count). The number of rotatable bonds is 13. The third kappa shape index (κ3) is 8.99. The fourth-order valence-corrected chi connectivity index (χ4v) is 3.38. The van der Waals surface area contributed by atoms with Crippen LogP contribution in [0.1, 0.15) is 69.6 Å². The fourth-order valence-electron chi connectivity index (χ4n) is 3.38. The summed E-state index contributed by atoms with van der Waals surface area (Å²) >= 11 is 0. The molecule has 2 aromatic carbocycles. The first kappa shape index (κ1) is 24.7. The molecule has 0 heterocycles. The normalized spacial score (nSPS) is 13.0. The molecule has 5 N–H and O–H groups in total. The quantitative estimate of drug-likeness (QED) is 0.236. The molecule has 0 radical (unpaired) electrons. The van der Waals surface area contributed by atoms with E-state index in [1.165, 1.54) is 30.5 Å². The minimum Gasteiger partial charge on any atom is -0.504 e. The van der Waals surface area contributed by atoms with Crippen LogP contribution < -0.4 is 10.6 Å². The molecule has 0 aliphatic carbocycles. The lowest BCUT2D eigenvalue weighted by Crippen LogP contribution is -2.30. The summed E-state index contributed by atoms with van der Waals surface area (Å²) in [7, 11) is 0. The topological polar surface area (TPSA) is 102 Å². The van der Waals surface area contributed by atoms with Crippen LogP contribution in [0.15, 0.2) is 42.5 Å². The van der Waals surface area contributed by atoms with Gasteiger partial charge in [-0.15, -0.1) is 0 Å². The number of aryl methyl sites for hydroxylation is 1. The van der Waals surface area contributed by atoms with Crippen LogP contribution in [0.3, 0.4) is 0 Å². The van der Waals surface area contributed by atoms with Gasteiger partial charge in [-0.25, -0.2) is 0 Å². The first-order valence-corrected chi connectivity index (χ1v) is 11.2. The molecule has 0 saturated heterocycles. The minimum absolute atomic E-state index is 0.0319. The largest absolute Gasteiger partial charge is 0.504 e. The van der Waals surface area contributed by atoms with Crippen molar-refractivity contribution in [1.29, 1.82) is 0 Å². The van der Waals surface area contributed by atoms with Gasteiger partial charge in [0.1, 0.15) is 0 Å². The highest BCUT2D eigenvalue weighted by molar-refractivity contribution is 5.90. The number of hydrogen-bond donors (Lipinski definition) is 5. The number of aliphatic hydroxyl groups is 1. The highest BCUT2D eigenvalue weighted by atomic mass is 16.3. The third-order valence-electron chi connectivity index (χ3n) is 5.39. The van der Waals surface area contributed by atoms with Gasteiger partial charge < -0.3 is 26.0 Å². The molecule has 2 aromatic rings. The number of benzene rings is 2. The highest BCUT2D eigenvalue weighted by Crippen LogP contribution is 2.27. The second kappa shape index (κ2) is 13.0. The molecule has 6 heteroatoms. The maximum atomic E-state index is 12.1. The Morgan fingerprint density at radius 3 is 2.42 bits per heavy atom. The smallest absolute Gasteiger partial charge is 0.224 e. The average molecular weight is 429 g/mol. The summed E-state index contributed by atoms with van der Waals surface area (Å²) in [6.45, 7) is 4.57. The van der Waals surface area contributed by atoms with Crippen molar-refractivity contribution in [3.8, 4) is 11.5 Å². The van der Waals surface area contributed by atoms with E-state index in [-0.39, 0.29) is 23.4 Å². The van der Waals surface area contributed by atoms with Crippen LogP contribution in [-0.4, -0.2) is 33.8 Å². The molecule has 0 bridgehead atoms. The lowest BCUT2D eigenvalue weighted by atomic mass is 10.1. The van der Waals surface area contributed by atoms with Gasteiger partial charge in [-0.1, -0.05) is 38.0 Å². The zero-order chi connectivity index (χ0) is 22.6. The van der Waals surface area contributed by atoms with E-state index in [1.807, 2.05) is 19.1 Å². The molecule has 0 aliphatic rings. The van der Waals surface area contributed by atoms with Gasteiger partial charge in [0.25, 0.3) is 0 Å². The Kier molecular flexibility index (Phi) is 10.3. The van der Waals surface area contributed by atoms with E-state index in [2.05, 4.69) is 29.7 Å². The molecule has 0 fully saturated rings. The van der Waals surface area contributed by atoms with Crippen molar-refractivity contribution in [2.75, 3.05) is 11.9 Å². The van der Waals surface area contributed by atoms with Crippen LogP contribution in [0.25, 0.3) is 0 Å². The molecule has 0 saturated carbocycles. The van der Waals surface area contributed by atoms with Crippen LogP contribution in [0.5, 0.6) is 11.5 Å². The Balaban J connectivity index is 1.60. The van der Waals surface area contributed by atoms with E-state index in [0.29, 0.717) is 18.5 Å². The monoisotopic (exact) mass is 428 g/mol. The number of phenolic OH excluding ortho intramolecular Hbond substituents is 2. The number of amides is 1. The number of anilines is 1. The van der Waals surface area contributed by atoms with Crippen LogP contribution in [-0.2, 0) is 11.2 Å². The van der Waals surface area contributed by atoms with Crippen LogP contribution in [0, 0.1) is 0 Å². The van der Waals surface area contributed by atoms with Crippen LogP contribution in [0.4, 0.5) is 5.69 Å². The van der Waals surface area contributed by atoms with Crippen LogP contribution in [0.2, 0.25) is 0 Å². The first-order valence-electron chi connectivity index (χ1n) is 11.2. The summed E-state index contributed by atoms with van der Waals surface area (Å²) < 4.78 is 0. The van der Waals surface area contributed by atoms with Gasteiger partial charge in [0.05, 0.1) is 6.10 Å². The fraction of sp³-hybridized carbons (Fsp3) is 0.480. The number of carbonyl (C=O) groups excluding carboxylic acids is 1. The van der Waals surface area contributed by atoms with E-state index in [0.717, 1.165) is 31.4 Å². The zero-order valence-electron chi connectivity index (χ0n) is 18.6. The summed E-state index contributed by atoms with van der Waals surface area (Å²) in [6.07, 6.45) is 5.76. The number of hydrogen-bond acceptors (Lipinski definition) is 5. The van der Waals surface area contributed by atoms with Gasteiger partial charge in [-0.2, -0.15) is 0 Å². The summed E-state index contributed by atoms with van der Waals surface area (Å²) in [6, 6.07) is 12.6. The van der Waals surface area contributed by atoms with Gasteiger partial charge in [-0.3, -0.25) is 4.79 Å². The van der Waals surface area contributed by atoms with E-state index < -0.39 is 6.10 Å². The number of phenols is 2. The van der Waals surface area contributed by atoms with Gasteiger partial charge in [0, 0.05) is 24.7 Å². The second-order valence-electron chi connectivity index (χ2n) is 8.17. The summed E-state index contributed by atoms with van der Waals surface area (Å²) in [4.78, 5) is 12.1. The number of nitrogens with one attached hydrogen (secondary N) is 2. The molecular weight excluding hydrogens is 392 g/mol. The first-order chi connectivity index (χ1) is 14.9. The average Bonchev–Trinajstić information content (AvgIpc) is 2.76. The predicted octanol–water partition coefficient (Wildman–Crippen LogP) is 4.65. The molecule has 1 amide bonds. The number of aromatic hydroxyl groups is 2. The van der Waals surface area contributed by atoms with Crippen molar-refractivity contribution < 1.29 is 20.1 Å². The molecule has 0 spiro atoms. The van der Waals surface area contributed by atoms with Gasteiger partial charge in [0.15, 0.2) is 11.5 Å². The number of aliphatic hydroxyl groups excluding tert-OH is 1. The van der Waals surface area contributed by atoms with E-state index in [4.69, 9.17) is 0 Å². The Hall–Kier alpha value is -2.57. The maximum Gasteiger partial charge on any atom is 0.224 e. The van der Waals surface area contributed by atoms with Gasteiger partial charge in [0.2, 0.25) is 5.91 Å². The Morgan fingerprint density at radius 2 is 1.74 bits per heavy atom. The maximum absolute atomic E-state index is 12.1. The highest BCUT2D eigenvalue weighted by Gasteiger charge is 2.12. The second-order valence-corrected chi connectivity index (χ2v) is 8.17. The molecule has 2 atom stereocenters. The number of carbonyl (C=O) groups is 1. The van der Waals surface area contributed by atoms with Crippen molar-refractivity contribution in [2.45, 2.75) is 70.9 Å². The van der Waals surface area contributed by atoms with E-state index >= 15 is 0 Å². The molecule has 0 aromatic heterocycles. The Morgan fingerprint density at radius 1 is 1.00 bits per heavy atom. The van der Waals surface area contributed by atoms with Crippen LogP contribution >= 0.6 is 0 Å². The lowest BCUT2D eigenvalue weighted by Gasteiger charge is -2.17. The number of unbranched alkanes of at least 4 members (excludes halogenated alkanes) is 2. The minimum atomic E-state index is -0.770. The zero-order valence-corrected chi connectivity index (χ0v) is 18.6. The van der Waals surface area contributed by atoms with Crippen molar-refractivity contribution >= 4 is 11.6 Å². The van der Waals surface area contributed by atoms with E-state index in [9.17, 15) is 20.1 Å². The summed E-state index contributed by atoms with van der Waals surface area (Å²) in [5.41, 5.74) is 2.69. The Labute approximate surface area is 185 Å². The summed E-state index contributed by atoms with van der Waals surface area (Å²) in [5, 5.41) is 35.3. The predicted molar refractivity (Wildman–Crippen MR) is 124 cm³/mol. The van der Waals surface area contributed by atoms with Crippen molar-refractivity contribution in [2.24, 2.45) is 0 Å². The summed E-state index contributed by atoms with van der Waals surface area (Å²) in [5.74, 6) is -0.412. The molecule has 0 aliphatic heterocycles. The SMILES string of the molecule is CCCCc1ccc(NC(=O)CCCCC(C)NCC(O)c2ccc(O)c(O)c2)cc1. The van der Waals surface area contributed by atoms with Gasteiger partial charge >= 0.3 is 0 Å². The lowest BCUT2D eigenvalue weighted by molar-refractivity contribution is -0.116. The van der Waals surface area contributed by atoms with E-state index in [1.54, 1.807) is 6.07 Å². The molecule has 6 nitrogen and oxygen atoms in total. The van der Waals surface area contributed by atoms with Gasteiger partial charge in [-0.05, 0) is 68.0 Å². The van der Waals surface area contributed by atoms with Crippen molar-refractivity contribution in [3.63, 3.8) is 0 Å². The van der Waals surface area contributed by atoms with Crippen molar-refractivity contribution in [3.05, 3.63) is 53.6 Å². The molecule has 31 heavy (non-hydrogen) atoms. The molecular formula is C25H36N2O4. The Bertz CT molecular complexity index is 808. The van der Waals surface area contributed by atoms with Crippen molar-refractivity contribution in [1.82, 2.24) is 5.32 Å². The molecule has 2 unspecified atom stereocenters. The standard InChI is InChI=1S/C25H36N2O4/c1-3-4-8-19-10-13-21(14-11-19)27-25(31)9-6-5-7-18(2)26-17-24(30)20-12-15-22(28)23(29)16-20/h10-16,18,24,26,28-30H,3-9,17H2,1-2H3,(H,27,31). The molecule has 170 valence electrons. The third-order valence-corrected chi connectivity index (χ3v) is 5.39.